The molecule has 0 heterocycles. The molecule has 22 heavy (non-hydrogen) atoms. The Morgan fingerprint density at radius 3 is 1.00 bits per heavy atom. The van der Waals surface area contributed by atoms with Crippen molar-refractivity contribution in [2.24, 2.45) is 5.41 Å². The normalized spacial score (nSPS) is 8.18. The number of rotatable bonds is 4. The Morgan fingerprint density at radius 1 is 0.818 bits per heavy atom. The van der Waals surface area contributed by atoms with Crippen LogP contribution < -0.4 is 0 Å². The van der Waals surface area contributed by atoms with Crippen LogP contribution in [0.25, 0.3) is 0 Å². The third-order valence-corrected chi connectivity index (χ3v) is 1.52. The van der Waals surface area contributed by atoms with Gasteiger partial charge in [-0.15, -0.1) is 0 Å². The van der Waals surface area contributed by atoms with Crippen molar-refractivity contribution in [1.29, 1.82) is 0 Å². The second-order valence-electron chi connectivity index (χ2n) is 4.94. The maximum absolute atomic E-state index is 9.25. The molecule has 6 nitrogen and oxygen atoms in total. The standard InChI is InChI=1S/C7H16.3C3H4O2/c1-5-6-7(2,3)4;3*1-2-3(4)5/h5-6H2,1-4H3;3*2H,1H2,(H,4,5). The van der Waals surface area contributed by atoms with Gasteiger partial charge in [-0.05, 0) is 11.8 Å². The van der Waals surface area contributed by atoms with Crippen molar-refractivity contribution in [2.75, 3.05) is 0 Å². The minimum Gasteiger partial charge on any atom is -0.478 e. The van der Waals surface area contributed by atoms with Crippen LogP contribution in [-0.4, -0.2) is 33.2 Å². The smallest absolute Gasteiger partial charge is 0.327 e. The summed E-state index contributed by atoms with van der Waals surface area (Å²) in [7, 11) is 0. The van der Waals surface area contributed by atoms with Crippen molar-refractivity contribution in [3.05, 3.63) is 38.0 Å². The van der Waals surface area contributed by atoms with Gasteiger partial charge in [0, 0.05) is 18.2 Å². The molecule has 0 amide bonds. The monoisotopic (exact) mass is 316 g/mol. The Balaban J connectivity index is -0.0000000995. The van der Waals surface area contributed by atoms with Crippen molar-refractivity contribution < 1.29 is 29.7 Å². The molecule has 3 N–H and O–H groups in total. The summed E-state index contributed by atoms with van der Waals surface area (Å²) < 4.78 is 0. The van der Waals surface area contributed by atoms with Gasteiger partial charge in [0.15, 0.2) is 0 Å². The second kappa shape index (κ2) is 18.6. The third-order valence-electron chi connectivity index (χ3n) is 1.52. The molecule has 6 heteroatoms. The molecule has 0 saturated carbocycles. The molecule has 0 aliphatic rings. The van der Waals surface area contributed by atoms with E-state index in [1.54, 1.807) is 0 Å². The van der Waals surface area contributed by atoms with Gasteiger partial charge in [-0.3, -0.25) is 0 Å². The van der Waals surface area contributed by atoms with Crippen LogP contribution >= 0.6 is 0 Å². The second-order valence-corrected chi connectivity index (χ2v) is 4.94. The number of carboxylic acid groups (broad SMARTS) is 3. The van der Waals surface area contributed by atoms with Crippen molar-refractivity contribution >= 4 is 17.9 Å². The van der Waals surface area contributed by atoms with Gasteiger partial charge in [0.25, 0.3) is 0 Å². The maximum atomic E-state index is 9.25. The molecule has 0 rings (SSSR count). The van der Waals surface area contributed by atoms with Crippen molar-refractivity contribution in [1.82, 2.24) is 0 Å². The van der Waals surface area contributed by atoms with E-state index in [4.69, 9.17) is 15.3 Å². The van der Waals surface area contributed by atoms with Crippen LogP contribution in [0, 0.1) is 5.41 Å². The minimum absolute atomic E-state index is 0.550. The van der Waals surface area contributed by atoms with Crippen LogP contribution in [0.1, 0.15) is 40.5 Å². The molecule has 0 aromatic heterocycles. The SMILES string of the molecule is C=CC(=O)O.C=CC(=O)O.C=CC(=O)O.CCCC(C)(C)C. The number of carbonyl (C=O) groups is 3. The summed E-state index contributed by atoms with van der Waals surface area (Å²) in [6, 6.07) is 0. The van der Waals surface area contributed by atoms with E-state index in [2.05, 4.69) is 47.4 Å². The van der Waals surface area contributed by atoms with Gasteiger partial charge < -0.3 is 15.3 Å². The summed E-state index contributed by atoms with van der Waals surface area (Å²) in [4.78, 5) is 27.8. The first-order chi connectivity index (χ1) is 9.87. The van der Waals surface area contributed by atoms with Crippen LogP contribution in [0.4, 0.5) is 0 Å². The predicted molar refractivity (Wildman–Crippen MR) is 87.9 cm³/mol. The molecule has 0 aromatic carbocycles. The van der Waals surface area contributed by atoms with E-state index in [1.165, 1.54) is 12.8 Å². The number of hydrogen-bond donors (Lipinski definition) is 3. The van der Waals surface area contributed by atoms with Crippen molar-refractivity contribution in [3.8, 4) is 0 Å². The van der Waals surface area contributed by atoms with Gasteiger partial charge in [-0.1, -0.05) is 53.9 Å². The Hall–Kier alpha value is -2.37. The topological polar surface area (TPSA) is 112 Å². The highest BCUT2D eigenvalue weighted by Crippen LogP contribution is 2.19. The zero-order valence-electron chi connectivity index (χ0n) is 13.8. The molecule has 0 radical (unpaired) electrons. The number of carboxylic acids is 3. The summed E-state index contributed by atoms with van der Waals surface area (Å²) in [5.74, 6) is -2.94. The van der Waals surface area contributed by atoms with Crippen LogP contribution in [0.5, 0.6) is 0 Å². The first-order valence-electron chi connectivity index (χ1n) is 6.43. The lowest BCUT2D eigenvalue weighted by Gasteiger charge is -2.15. The minimum atomic E-state index is -0.981. The predicted octanol–water partition coefficient (Wildman–Crippen LogP) is 3.60. The average Bonchev–Trinajstić information content (AvgIpc) is 2.39. The average molecular weight is 316 g/mol. The highest BCUT2D eigenvalue weighted by atomic mass is 16.4. The van der Waals surface area contributed by atoms with Crippen molar-refractivity contribution in [3.63, 3.8) is 0 Å². The lowest BCUT2D eigenvalue weighted by molar-refractivity contribution is -0.132. The Labute approximate surface area is 132 Å². The molecule has 0 bridgehead atoms. The quantitative estimate of drug-likeness (QED) is 0.683. The number of aliphatic carboxylic acids is 3. The van der Waals surface area contributed by atoms with Crippen LogP contribution in [0.3, 0.4) is 0 Å². The molecule has 0 aliphatic carbocycles. The fourth-order valence-electron chi connectivity index (χ4n) is 0.750. The Bertz CT molecular complexity index is 307. The summed E-state index contributed by atoms with van der Waals surface area (Å²) in [5.41, 5.74) is 0.550. The fraction of sp³-hybridized carbons (Fsp3) is 0.438. The number of hydrogen-bond acceptors (Lipinski definition) is 3. The lowest BCUT2D eigenvalue weighted by atomic mass is 9.91. The molecule has 0 unspecified atom stereocenters. The van der Waals surface area contributed by atoms with E-state index >= 15 is 0 Å². The van der Waals surface area contributed by atoms with Crippen LogP contribution in [0.15, 0.2) is 38.0 Å². The van der Waals surface area contributed by atoms with Gasteiger partial charge in [0.05, 0.1) is 0 Å². The third kappa shape index (κ3) is 83.8. The summed E-state index contributed by atoms with van der Waals surface area (Å²) in [6.07, 6.45) is 5.15. The van der Waals surface area contributed by atoms with Gasteiger partial charge in [-0.25, -0.2) is 14.4 Å². The van der Waals surface area contributed by atoms with E-state index < -0.39 is 17.9 Å². The van der Waals surface area contributed by atoms with E-state index in [9.17, 15) is 14.4 Å². The van der Waals surface area contributed by atoms with E-state index in [-0.39, 0.29) is 0 Å². The molecule has 0 aliphatic heterocycles. The molecular formula is C16H28O6. The molecule has 0 atom stereocenters. The highest BCUT2D eigenvalue weighted by Gasteiger charge is 2.06. The molecule has 0 fully saturated rings. The largest absolute Gasteiger partial charge is 0.478 e. The summed E-state index contributed by atoms with van der Waals surface area (Å²) in [6.45, 7) is 17.9. The van der Waals surface area contributed by atoms with E-state index in [1.807, 2.05) is 0 Å². The van der Waals surface area contributed by atoms with Gasteiger partial charge >= 0.3 is 17.9 Å². The lowest BCUT2D eigenvalue weighted by Crippen LogP contribution is -2.02. The van der Waals surface area contributed by atoms with Crippen molar-refractivity contribution in [2.45, 2.75) is 40.5 Å². The zero-order chi connectivity index (χ0) is 18.8. The van der Waals surface area contributed by atoms with E-state index in [0.29, 0.717) is 5.41 Å². The maximum Gasteiger partial charge on any atom is 0.327 e. The summed E-state index contributed by atoms with van der Waals surface area (Å²) in [5, 5.41) is 22.8. The van der Waals surface area contributed by atoms with Gasteiger partial charge in [-0.2, -0.15) is 0 Å². The Kier molecular flexibility index (Phi) is 23.6. The molecular weight excluding hydrogens is 288 g/mol. The first-order valence-corrected chi connectivity index (χ1v) is 6.43. The summed E-state index contributed by atoms with van der Waals surface area (Å²) >= 11 is 0. The molecule has 0 saturated heterocycles. The van der Waals surface area contributed by atoms with E-state index in [0.717, 1.165) is 18.2 Å². The zero-order valence-corrected chi connectivity index (χ0v) is 13.8. The fourth-order valence-corrected chi connectivity index (χ4v) is 0.750. The first kappa shape index (κ1) is 27.9. The van der Waals surface area contributed by atoms with Gasteiger partial charge in [0.1, 0.15) is 0 Å². The molecule has 0 spiro atoms. The highest BCUT2D eigenvalue weighted by molar-refractivity contribution is 5.79. The molecule has 128 valence electrons. The van der Waals surface area contributed by atoms with Gasteiger partial charge in [0.2, 0.25) is 0 Å². The Morgan fingerprint density at radius 2 is 1.00 bits per heavy atom. The molecule has 0 aromatic rings. The van der Waals surface area contributed by atoms with Crippen LogP contribution in [0.2, 0.25) is 0 Å². The van der Waals surface area contributed by atoms with Crippen LogP contribution in [-0.2, 0) is 14.4 Å².